The Hall–Kier alpha value is -2.52. The predicted molar refractivity (Wildman–Crippen MR) is 77.5 cm³/mol. The zero-order valence-corrected chi connectivity index (χ0v) is 12.3. The van der Waals surface area contributed by atoms with Crippen molar-refractivity contribution >= 4 is 17.4 Å². The van der Waals surface area contributed by atoms with Gasteiger partial charge in [-0.2, -0.15) is 18.4 Å². The standard InChI is InChI=1S/C16H9ClF3NO2/c17-12-9-10(16(18,19)20)5-6-15(12)23-14-4-2-1-3-11(14)13(22)7-8-21/h1-6,9H,7H2. The normalized spacial score (nSPS) is 10.9. The lowest BCUT2D eigenvalue weighted by atomic mass is 10.1. The maximum absolute atomic E-state index is 12.6. The summed E-state index contributed by atoms with van der Waals surface area (Å²) >= 11 is 5.82. The van der Waals surface area contributed by atoms with Crippen LogP contribution in [0.3, 0.4) is 0 Å². The van der Waals surface area contributed by atoms with Gasteiger partial charge in [0.25, 0.3) is 0 Å². The maximum atomic E-state index is 12.6. The molecule has 2 rings (SSSR count). The van der Waals surface area contributed by atoms with Gasteiger partial charge < -0.3 is 4.74 Å². The van der Waals surface area contributed by atoms with Crippen LogP contribution in [0.1, 0.15) is 22.3 Å². The molecule has 0 aliphatic heterocycles. The van der Waals surface area contributed by atoms with Crippen LogP contribution in [0.25, 0.3) is 0 Å². The minimum atomic E-state index is -4.51. The van der Waals surface area contributed by atoms with Crippen LogP contribution in [0.4, 0.5) is 13.2 Å². The number of halogens is 4. The zero-order valence-electron chi connectivity index (χ0n) is 11.5. The molecule has 0 saturated heterocycles. The first-order chi connectivity index (χ1) is 10.8. The van der Waals surface area contributed by atoms with Gasteiger partial charge in [-0.15, -0.1) is 0 Å². The number of hydrogen-bond donors (Lipinski definition) is 0. The second-order valence-electron chi connectivity index (χ2n) is 4.50. The Morgan fingerprint density at radius 3 is 2.48 bits per heavy atom. The van der Waals surface area contributed by atoms with Crippen LogP contribution in [-0.4, -0.2) is 5.78 Å². The van der Waals surface area contributed by atoms with Gasteiger partial charge in [0.15, 0.2) is 5.78 Å². The first kappa shape index (κ1) is 16.8. The van der Waals surface area contributed by atoms with E-state index < -0.39 is 17.5 Å². The van der Waals surface area contributed by atoms with Crippen LogP contribution in [0.15, 0.2) is 42.5 Å². The predicted octanol–water partition coefficient (Wildman–Crippen LogP) is 5.25. The fourth-order valence-corrected chi connectivity index (χ4v) is 2.05. The van der Waals surface area contributed by atoms with E-state index in [1.165, 1.54) is 12.1 Å². The number of alkyl halides is 3. The van der Waals surface area contributed by atoms with E-state index in [-0.39, 0.29) is 28.5 Å². The molecule has 0 saturated carbocycles. The highest BCUT2D eigenvalue weighted by atomic mass is 35.5. The van der Waals surface area contributed by atoms with Gasteiger partial charge in [-0.3, -0.25) is 4.79 Å². The molecular formula is C16H9ClF3NO2. The molecule has 0 aliphatic carbocycles. The number of carbonyl (C=O) groups excluding carboxylic acids is 1. The summed E-state index contributed by atoms with van der Waals surface area (Å²) in [7, 11) is 0. The lowest BCUT2D eigenvalue weighted by Crippen LogP contribution is -2.05. The fourth-order valence-electron chi connectivity index (χ4n) is 1.83. The van der Waals surface area contributed by atoms with E-state index in [0.29, 0.717) is 0 Å². The Balaban J connectivity index is 2.34. The topological polar surface area (TPSA) is 50.1 Å². The third kappa shape index (κ3) is 4.02. The Labute approximate surface area is 134 Å². The highest BCUT2D eigenvalue weighted by Gasteiger charge is 2.31. The number of ketones is 1. The van der Waals surface area contributed by atoms with Gasteiger partial charge in [-0.05, 0) is 30.3 Å². The third-order valence-corrected chi connectivity index (χ3v) is 3.20. The molecule has 0 spiro atoms. The largest absolute Gasteiger partial charge is 0.455 e. The molecule has 0 N–H and O–H groups in total. The van der Waals surface area contributed by atoms with Crippen molar-refractivity contribution in [1.29, 1.82) is 5.26 Å². The highest BCUT2D eigenvalue weighted by molar-refractivity contribution is 6.32. The van der Waals surface area contributed by atoms with Gasteiger partial charge in [-0.25, -0.2) is 0 Å². The monoisotopic (exact) mass is 339 g/mol. The van der Waals surface area contributed by atoms with Crippen molar-refractivity contribution in [2.75, 3.05) is 0 Å². The molecule has 0 radical (unpaired) electrons. The Bertz CT molecular complexity index is 782. The average Bonchev–Trinajstić information content (AvgIpc) is 2.49. The van der Waals surface area contributed by atoms with E-state index in [0.717, 1.165) is 18.2 Å². The van der Waals surface area contributed by atoms with Gasteiger partial charge in [-0.1, -0.05) is 23.7 Å². The van der Waals surface area contributed by atoms with Crippen LogP contribution < -0.4 is 4.74 Å². The Morgan fingerprint density at radius 1 is 1.17 bits per heavy atom. The number of carbonyl (C=O) groups is 1. The fraction of sp³-hybridized carbons (Fsp3) is 0.125. The van der Waals surface area contributed by atoms with Gasteiger partial charge in [0.2, 0.25) is 0 Å². The molecule has 0 unspecified atom stereocenters. The smallest absolute Gasteiger partial charge is 0.416 e. The van der Waals surface area contributed by atoms with Crippen molar-refractivity contribution in [2.24, 2.45) is 0 Å². The summed E-state index contributed by atoms with van der Waals surface area (Å²) in [6, 6.07) is 10.5. The molecule has 0 heterocycles. The van der Waals surface area contributed by atoms with Crippen LogP contribution in [0.2, 0.25) is 5.02 Å². The van der Waals surface area contributed by atoms with Crippen LogP contribution in [0.5, 0.6) is 11.5 Å². The van der Waals surface area contributed by atoms with Gasteiger partial charge in [0.1, 0.15) is 11.5 Å². The molecule has 2 aromatic carbocycles. The van der Waals surface area contributed by atoms with Crippen molar-refractivity contribution in [3.63, 3.8) is 0 Å². The summed E-state index contributed by atoms with van der Waals surface area (Å²) in [6.45, 7) is 0. The first-order valence-corrected chi connectivity index (χ1v) is 6.74. The SMILES string of the molecule is N#CCC(=O)c1ccccc1Oc1ccc(C(F)(F)F)cc1Cl. The second-order valence-corrected chi connectivity index (χ2v) is 4.91. The summed E-state index contributed by atoms with van der Waals surface area (Å²) in [4.78, 5) is 11.8. The molecule has 118 valence electrons. The number of rotatable bonds is 4. The molecule has 0 atom stereocenters. The highest BCUT2D eigenvalue weighted by Crippen LogP contribution is 2.37. The van der Waals surface area contributed by atoms with E-state index in [2.05, 4.69) is 0 Å². The molecule has 0 aromatic heterocycles. The van der Waals surface area contributed by atoms with Crippen molar-refractivity contribution in [2.45, 2.75) is 12.6 Å². The summed E-state index contributed by atoms with van der Waals surface area (Å²) in [6.07, 6.45) is -4.84. The van der Waals surface area contributed by atoms with E-state index in [4.69, 9.17) is 21.6 Å². The third-order valence-electron chi connectivity index (χ3n) is 2.91. The van der Waals surface area contributed by atoms with Gasteiger partial charge >= 0.3 is 6.18 Å². The molecule has 0 fully saturated rings. The van der Waals surface area contributed by atoms with Crippen LogP contribution in [0, 0.1) is 11.3 Å². The van der Waals surface area contributed by atoms with Crippen LogP contribution in [-0.2, 0) is 6.18 Å². The van der Waals surface area contributed by atoms with E-state index >= 15 is 0 Å². The van der Waals surface area contributed by atoms with Gasteiger partial charge in [0.05, 0.1) is 28.6 Å². The van der Waals surface area contributed by atoms with E-state index in [1.54, 1.807) is 18.2 Å². The van der Waals surface area contributed by atoms with Crippen molar-refractivity contribution in [1.82, 2.24) is 0 Å². The molecule has 2 aromatic rings. The zero-order chi connectivity index (χ0) is 17.0. The van der Waals surface area contributed by atoms with Crippen LogP contribution >= 0.6 is 11.6 Å². The lowest BCUT2D eigenvalue weighted by Gasteiger charge is -2.13. The number of Topliss-reactive ketones (excluding diaryl/α,β-unsaturated/α-hetero) is 1. The van der Waals surface area contributed by atoms with Gasteiger partial charge in [0, 0.05) is 0 Å². The Morgan fingerprint density at radius 2 is 1.87 bits per heavy atom. The summed E-state index contributed by atoms with van der Waals surface area (Å²) < 4.78 is 43.3. The minimum absolute atomic E-state index is 0.0168. The molecule has 23 heavy (non-hydrogen) atoms. The second kappa shape index (κ2) is 6.71. The number of para-hydroxylation sites is 1. The number of benzene rings is 2. The minimum Gasteiger partial charge on any atom is -0.455 e. The molecule has 3 nitrogen and oxygen atoms in total. The average molecular weight is 340 g/mol. The van der Waals surface area contributed by atoms with Crippen molar-refractivity contribution in [3.8, 4) is 17.6 Å². The maximum Gasteiger partial charge on any atom is 0.416 e. The molecular weight excluding hydrogens is 331 g/mol. The summed E-state index contributed by atoms with van der Waals surface area (Å²) in [5.41, 5.74) is -0.742. The molecule has 0 bridgehead atoms. The molecule has 7 heteroatoms. The number of hydrogen-bond acceptors (Lipinski definition) is 3. The van der Waals surface area contributed by atoms with Crippen molar-refractivity contribution in [3.05, 3.63) is 58.6 Å². The number of nitrogens with zero attached hydrogens (tertiary/aromatic N) is 1. The van der Waals surface area contributed by atoms with E-state index in [9.17, 15) is 18.0 Å². The first-order valence-electron chi connectivity index (χ1n) is 6.36. The number of ether oxygens (including phenoxy) is 1. The summed E-state index contributed by atoms with van der Waals surface area (Å²) in [5, 5.41) is 8.36. The summed E-state index contributed by atoms with van der Waals surface area (Å²) in [5.74, 6) is -0.350. The van der Waals surface area contributed by atoms with E-state index in [1.807, 2.05) is 0 Å². The molecule has 0 amide bonds. The quantitative estimate of drug-likeness (QED) is 0.715. The van der Waals surface area contributed by atoms with Crippen molar-refractivity contribution < 1.29 is 22.7 Å². The molecule has 0 aliphatic rings. The Kier molecular flexibility index (Phi) is 4.92. The number of nitriles is 1. The lowest BCUT2D eigenvalue weighted by molar-refractivity contribution is -0.137.